The van der Waals surface area contributed by atoms with Gasteiger partial charge in [0.25, 0.3) is 0 Å². The maximum atomic E-state index is 5.97. The summed E-state index contributed by atoms with van der Waals surface area (Å²) < 4.78 is 4.02. The van der Waals surface area contributed by atoms with Gasteiger partial charge in [-0.3, -0.25) is 0 Å². The molecule has 7 heteroatoms. The summed E-state index contributed by atoms with van der Waals surface area (Å²) in [4.78, 5) is 13.1. The fourth-order valence-corrected chi connectivity index (χ4v) is 2.58. The first-order chi connectivity index (χ1) is 9.69. The Hall–Kier alpha value is -1.59. The van der Waals surface area contributed by atoms with Crippen LogP contribution in [0.5, 0.6) is 0 Å². The minimum Gasteiger partial charge on any atom is -0.338 e. The van der Waals surface area contributed by atoms with Crippen LogP contribution >= 0.6 is 23.2 Å². The Balaban J connectivity index is 1.95. The zero-order valence-corrected chi connectivity index (χ0v) is 12.4. The molecule has 0 bridgehead atoms. The van der Waals surface area contributed by atoms with Crippen LogP contribution in [0.1, 0.15) is 11.6 Å². The second-order valence-corrected chi connectivity index (χ2v) is 5.22. The van der Waals surface area contributed by atoms with Crippen LogP contribution in [-0.2, 0) is 25.9 Å². The molecular formula is C13H13Cl2N5. The van der Waals surface area contributed by atoms with Crippen molar-refractivity contribution < 1.29 is 0 Å². The molecule has 0 saturated carbocycles. The second-order valence-electron chi connectivity index (χ2n) is 4.51. The van der Waals surface area contributed by atoms with Gasteiger partial charge in [0, 0.05) is 38.6 Å². The molecule has 0 atom stereocenters. The van der Waals surface area contributed by atoms with E-state index in [2.05, 4.69) is 15.0 Å². The van der Waals surface area contributed by atoms with Gasteiger partial charge in [-0.15, -0.1) is 11.6 Å². The molecule has 0 unspecified atom stereocenters. The smallest absolute Gasteiger partial charge is 0.160 e. The second kappa shape index (κ2) is 5.42. The van der Waals surface area contributed by atoms with E-state index in [1.807, 2.05) is 22.4 Å². The molecule has 0 aliphatic carbocycles. The summed E-state index contributed by atoms with van der Waals surface area (Å²) in [5, 5.41) is 0.576. The van der Waals surface area contributed by atoms with Crippen molar-refractivity contribution in [2.45, 2.75) is 18.8 Å². The van der Waals surface area contributed by atoms with Crippen molar-refractivity contribution in [2.75, 3.05) is 0 Å². The van der Waals surface area contributed by atoms with Crippen LogP contribution in [0, 0.1) is 0 Å². The molecule has 0 N–H and O–H groups in total. The van der Waals surface area contributed by atoms with E-state index in [0.717, 1.165) is 35.8 Å². The van der Waals surface area contributed by atoms with Gasteiger partial charge in [0.15, 0.2) is 5.65 Å². The van der Waals surface area contributed by atoms with Crippen LogP contribution in [-0.4, -0.2) is 24.1 Å². The summed E-state index contributed by atoms with van der Waals surface area (Å²) in [5.41, 5.74) is 1.58. The first-order valence-electron chi connectivity index (χ1n) is 6.22. The highest BCUT2D eigenvalue weighted by Gasteiger charge is 2.12. The SMILES string of the molecule is Cn1ccnc1CCn1c(CCl)nc2cc(Cl)cnc21. The molecule has 3 aromatic rings. The largest absolute Gasteiger partial charge is 0.338 e. The van der Waals surface area contributed by atoms with Crippen molar-refractivity contribution >= 4 is 34.4 Å². The van der Waals surface area contributed by atoms with Crippen LogP contribution in [0.4, 0.5) is 0 Å². The molecule has 0 amide bonds. The first kappa shape index (κ1) is 13.4. The molecule has 0 fully saturated rings. The van der Waals surface area contributed by atoms with Gasteiger partial charge in [0.05, 0.1) is 10.9 Å². The molecule has 3 rings (SSSR count). The van der Waals surface area contributed by atoms with E-state index in [1.165, 1.54) is 0 Å². The minimum absolute atomic E-state index is 0.342. The summed E-state index contributed by atoms with van der Waals surface area (Å²) in [5.74, 6) is 2.15. The Morgan fingerprint density at radius 3 is 2.80 bits per heavy atom. The standard InChI is InChI=1S/C13H13Cl2N5/c1-19-5-3-16-11(19)2-4-20-12(7-14)18-10-6-9(15)8-17-13(10)20/h3,5-6,8H,2,4,7H2,1H3. The number of hydrogen-bond donors (Lipinski definition) is 0. The summed E-state index contributed by atoms with van der Waals surface area (Å²) in [6.07, 6.45) is 6.15. The van der Waals surface area contributed by atoms with Gasteiger partial charge in [-0.05, 0) is 6.07 Å². The van der Waals surface area contributed by atoms with Crippen molar-refractivity contribution in [3.8, 4) is 0 Å². The molecular weight excluding hydrogens is 297 g/mol. The summed E-state index contributed by atoms with van der Waals surface area (Å²) >= 11 is 11.9. The van der Waals surface area contributed by atoms with Gasteiger partial charge in [-0.25, -0.2) is 15.0 Å². The Labute approximate surface area is 126 Å². The Kier molecular flexibility index (Phi) is 3.63. The first-order valence-corrected chi connectivity index (χ1v) is 7.13. The number of aromatic nitrogens is 5. The van der Waals surface area contributed by atoms with E-state index in [0.29, 0.717) is 10.9 Å². The van der Waals surface area contributed by atoms with E-state index in [1.54, 1.807) is 18.5 Å². The lowest BCUT2D eigenvalue weighted by Crippen LogP contribution is -2.08. The molecule has 104 valence electrons. The maximum absolute atomic E-state index is 5.97. The number of rotatable bonds is 4. The molecule has 3 heterocycles. The van der Waals surface area contributed by atoms with E-state index in [9.17, 15) is 0 Å². The van der Waals surface area contributed by atoms with Crippen molar-refractivity contribution in [1.29, 1.82) is 0 Å². The maximum Gasteiger partial charge on any atom is 0.160 e. The highest BCUT2D eigenvalue weighted by Crippen LogP contribution is 2.19. The van der Waals surface area contributed by atoms with E-state index < -0.39 is 0 Å². The number of imidazole rings is 2. The number of alkyl halides is 1. The molecule has 20 heavy (non-hydrogen) atoms. The number of aryl methyl sites for hydroxylation is 3. The topological polar surface area (TPSA) is 48.5 Å². The Morgan fingerprint density at radius 2 is 2.10 bits per heavy atom. The number of halogens is 2. The van der Waals surface area contributed by atoms with Gasteiger partial charge >= 0.3 is 0 Å². The summed E-state index contributed by atoms with van der Waals surface area (Å²) in [7, 11) is 1.98. The van der Waals surface area contributed by atoms with Crippen molar-refractivity contribution in [2.24, 2.45) is 7.05 Å². The van der Waals surface area contributed by atoms with Crippen LogP contribution < -0.4 is 0 Å². The predicted molar refractivity (Wildman–Crippen MR) is 79.0 cm³/mol. The Morgan fingerprint density at radius 1 is 1.25 bits per heavy atom. The third-order valence-electron chi connectivity index (χ3n) is 3.23. The number of nitrogens with zero attached hydrogens (tertiary/aromatic N) is 5. The summed E-state index contributed by atoms with van der Waals surface area (Å²) in [6.45, 7) is 0.734. The highest BCUT2D eigenvalue weighted by molar-refractivity contribution is 6.31. The average molecular weight is 310 g/mol. The van der Waals surface area contributed by atoms with E-state index in [-0.39, 0.29) is 0 Å². The van der Waals surface area contributed by atoms with Gasteiger partial charge in [-0.1, -0.05) is 11.6 Å². The normalized spacial score (nSPS) is 11.3. The summed E-state index contributed by atoms with van der Waals surface area (Å²) in [6, 6.07) is 1.80. The van der Waals surface area contributed by atoms with E-state index >= 15 is 0 Å². The lowest BCUT2D eigenvalue weighted by molar-refractivity contribution is 0.642. The zero-order valence-electron chi connectivity index (χ0n) is 10.9. The van der Waals surface area contributed by atoms with Crippen molar-refractivity contribution in [3.05, 3.63) is 41.3 Å². The van der Waals surface area contributed by atoms with Crippen molar-refractivity contribution in [1.82, 2.24) is 24.1 Å². The predicted octanol–water partition coefficient (Wildman–Crippen LogP) is 2.80. The van der Waals surface area contributed by atoms with Crippen LogP contribution in [0.15, 0.2) is 24.7 Å². The van der Waals surface area contributed by atoms with Crippen LogP contribution in [0.3, 0.4) is 0 Å². The zero-order chi connectivity index (χ0) is 14.1. The molecule has 0 spiro atoms. The fourth-order valence-electron chi connectivity index (χ4n) is 2.22. The molecule has 0 radical (unpaired) electrons. The third kappa shape index (κ3) is 2.39. The third-order valence-corrected chi connectivity index (χ3v) is 3.68. The van der Waals surface area contributed by atoms with Gasteiger partial charge in [0.1, 0.15) is 17.2 Å². The number of hydrogen-bond acceptors (Lipinski definition) is 3. The number of pyridine rings is 1. The lowest BCUT2D eigenvalue weighted by Gasteiger charge is -2.07. The van der Waals surface area contributed by atoms with Gasteiger partial charge in [0.2, 0.25) is 0 Å². The molecule has 0 aliphatic heterocycles. The Bertz CT molecular complexity index is 746. The van der Waals surface area contributed by atoms with Gasteiger partial charge < -0.3 is 9.13 Å². The van der Waals surface area contributed by atoms with Gasteiger partial charge in [-0.2, -0.15) is 0 Å². The average Bonchev–Trinajstić information content (AvgIpc) is 2.99. The van der Waals surface area contributed by atoms with Crippen molar-refractivity contribution in [3.63, 3.8) is 0 Å². The molecule has 0 aliphatic rings. The highest BCUT2D eigenvalue weighted by atomic mass is 35.5. The fraction of sp³-hybridized carbons (Fsp3) is 0.308. The molecule has 0 saturated heterocycles. The molecule has 5 nitrogen and oxygen atoms in total. The monoisotopic (exact) mass is 309 g/mol. The molecule has 0 aromatic carbocycles. The molecule has 3 aromatic heterocycles. The van der Waals surface area contributed by atoms with Crippen LogP contribution in [0.2, 0.25) is 5.02 Å². The number of fused-ring (bicyclic) bond motifs is 1. The minimum atomic E-state index is 0.342. The lowest BCUT2D eigenvalue weighted by atomic mass is 10.4. The quantitative estimate of drug-likeness (QED) is 0.696. The van der Waals surface area contributed by atoms with Crippen LogP contribution in [0.25, 0.3) is 11.2 Å². The van der Waals surface area contributed by atoms with E-state index in [4.69, 9.17) is 23.2 Å².